The van der Waals surface area contributed by atoms with Crippen LogP contribution in [0.4, 0.5) is 4.39 Å². The number of Topliss-reactive ketones (excluding diaryl/α,β-unsaturated/α-hetero) is 1. The summed E-state index contributed by atoms with van der Waals surface area (Å²) in [5.41, 5.74) is 0.155. The van der Waals surface area contributed by atoms with Crippen molar-refractivity contribution in [1.82, 2.24) is 10.0 Å². The van der Waals surface area contributed by atoms with Crippen LogP contribution in [0, 0.1) is 29.5 Å². The van der Waals surface area contributed by atoms with Crippen LogP contribution in [0.25, 0.3) is 0 Å². The number of hydrazine groups is 1. The van der Waals surface area contributed by atoms with Crippen LogP contribution in [-0.4, -0.2) is 55.1 Å². The SMILES string of the molecule is O=C(c1ccc(F)cc1)[C@H](CCCl)N(C(=O)c1ccccc1Cl)N1C(=O)[C@@H]2[C@H]3C[C@@H]([C@H](Br)[C@H]3Br)[C@H]2C1=O. The molecule has 0 radical (unpaired) electrons. The Bertz CT molecular complexity index is 1250. The number of fused-ring (bicyclic) bond motifs is 5. The van der Waals surface area contributed by atoms with E-state index in [1.807, 2.05) is 0 Å². The van der Waals surface area contributed by atoms with Crippen LogP contribution in [0.2, 0.25) is 5.02 Å². The van der Waals surface area contributed by atoms with Gasteiger partial charge < -0.3 is 0 Å². The highest BCUT2D eigenvalue weighted by atomic mass is 79.9. The third kappa shape index (κ3) is 4.36. The van der Waals surface area contributed by atoms with Crippen LogP contribution in [-0.2, 0) is 9.59 Å². The number of imide groups is 1. The van der Waals surface area contributed by atoms with E-state index in [2.05, 4.69) is 31.9 Å². The summed E-state index contributed by atoms with van der Waals surface area (Å²) < 4.78 is 13.6. The maximum absolute atomic E-state index is 14.0. The highest BCUT2D eigenvalue weighted by Crippen LogP contribution is 2.60. The minimum absolute atomic E-state index is 0.00246. The Labute approximate surface area is 239 Å². The number of ketones is 1. The van der Waals surface area contributed by atoms with Gasteiger partial charge in [-0.15, -0.1) is 11.6 Å². The van der Waals surface area contributed by atoms with Crippen molar-refractivity contribution in [2.24, 2.45) is 23.7 Å². The number of halogens is 5. The summed E-state index contributed by atoms with van der Waals surface area (Å²) in [6.45, 7) is 0. The molecule has 5 rings (SSSR count). The third-order valence-corrected chi connectivity index (χ3v) is 11.4. The smallest absolute Gasteiger partial charge is 0.275 e. The first-order valence-electron chi connectivity index (χ1n) is 11.8. The van der Waals surface area contributed by atoms with Crippen LogP contribution in [0.1, 0.15) is 33.6 Å². The number of amides is 3. The minimum Gasteiger partial charge on any atom is -0.292 e. The highest BCUT2D eigenvalue weighted by Gasteiger charge is 2.68. The van der Waals surface area contributed by atoms with Crippen molar-refractivity contribution in [3.8, 4) is 0 Å². The van der Waals surface area contributed by atoms with Crippen LogP contribution in [0.3, 0.4) is 0 Å². The van der Waals surface area contributed by atoms with Gasteiger partial charge in [0, 0.05) is 21.1 Å². The molecule has 3 amide bonds. The standard InChI is InChI=1S/C26H21Br2Cl2FN2O4/c27-21-15-11-16(22(21)28)20-19(15)25(36)33(26(20)37)32(24(35)14-3-1-2-4-17(14)30)18(9-10-29)23(34)12-5-7-13(31)8-6-12/h1-8,15-16,18-22H,9-11H2/t15-,16-,18+,19-,20-,21+,22+/m1/s1. The minimum atomic E-state index is -1.30. The third-order valence-electron chi connectivity index (χ3n) is 7.60. The van der Waals surface area contributed by atoms with Crippen molar-refractivity contribution < 1.29 is 23.6 Å². The van der Waals surface area contributed by atoms with Crippen LogP contribution in [0.5, 0.6) is 0 Å². The molecule has 3 aliphatic rings. The lowest BCUT2D eigenvalue weighted by molar-refractivity contribution is -0.157. The monoisotopic (exact) mass is 672 g/mol. The molecule has 0 N–H and O–H groups in total. The second-order valence-electron chi connectivity index (χ2n) is 9.49. The molecule has 1 heterocycles. The van der Waals surface area contributed by atoms with E-state index in [0.29, 0.717) is 6.42 Å². The highest BCUT2D eigenvalue weighted by molar-refractivity contribution is 9.12. The van der Waals surface area contributed by atoms with Gasteiger partial charge in [-0.3, -0.25) is 19.2 Å². The Morgan fingerprint density at radius 1 is 1.00 bits per heavy atom. The number of carbonyl (C=O) groups excluding carboxylic acids is 4. The Morgan fingerprint density at radius 3 is 2.11 bits per heavy atom. The number of nitrogens with zero attached hydrogens (tertiary/aromatic N) is 2. The Morgan fingerprint density at radius 2 is 1.57 bits per heavy atom. The first-order valence-corrected chi connectivity index (χ1v) is 14.5. The molecule has 2 saturated carbocycles. The summed E-state index contributed by atoms with van der Waals surface area (Å²) in [5, 5.41) is 1.89. The molecule has 194 valence electrons. The molecule has 3 fully saturated rings. The van der Waals surface area contributed by atoms with Crippen molar-refractivity contribution in [2.45, 2.75) is 28.5 Å². The maximum Gasteiger partial charge on any atom is 0.275 e. The van der Waals surface area contributed by atoms with Gasteiger partial charge in [0.25, 0.3) is 17.7 Å². The maximum atomic E-state index is 14.0. The second kappa shape index (κ2) is 10.4. The predicted molar refractivity (Wildman–Crippen MR) is 143 cm³/mol. The van der Waals surface area contributed by atoms with Crippen LogP contribution >= 0.6 is 55.1 Å². The van der Waals surface area contributed by atoms with Gasteiger partial charge in [-0.25, -0.2) is 9.40 Å². The molecule has 1 aliphatic heterocycles. The molecule has 2 bridgehead atoms. The van der Waals surface area contributed by atoms with E-state index < -0.39 is 47.2 Å². The van der Waals surface area contributed by atoms with E-state index in [1.165, 1.54) is 24.3 Å². The van der Waals surface area contributed by atoms with Crippen molar-refractivity contribution >= 4 is 78.6 Å². The lowest BCUT2D eigenvalue weighted by Crippen LogP contribution is -2.58. The van der Waals surface area contributed by atoms with Gasteiger partial charge in [0.05, 0.1) is 22.4 Å². The van der Waals surface area contributed by atoms with E-state index in [0.717, 1.165) is 22.2 Å². The summed E-state index contributed by atoms with van der Waals surface area (Å²) in [6.07, 6.45) is 0.667. The molecule has 0 spiro atoms. The molecule has 11 heteroatoms. The van der Waals surface area contributed by atoms with Crippen molar-refractivity contribution in [3.63, 3.8) is 0 Å². The second-order valence-corrected chi connectivity index (χ2v) is 12.4. The lowest BCUT2D eigenvalue weighted by atomic mass is 9.81. The number of hydrogen-bond acceptors (Lipinski definition) is 4. The van der Waals surface area contributed by atoms with Gasteiger partial charge in [0.15, 0.2) is 5.78 Å². The first kappa shape index (κ1) is 26.8. The average Bonchev–Trinajstić information content (AvgIpc) is 3.49. The summed E-state index contributed by atoms with van der Waals surface area (Å²) in [4.78, 5) is 55.4. The van der Waals surface area contributed by atoms with Gasteiger partial charge in [0.1, 0.15) is 11.9 Å². The van der Waals surface area contributed by atoms with Gasteiger partial charge in [0.2, 0.25) is 0 Å². The molecule has 2 aromatic carbocycles. The summed E-state index contributed by atoms with van der Waals surface area (Å²) in [7, 11) is 0. The molecule has 0 unspecified atom stereocenters. The fourth-order valence-corrected chi connectivity index (χ4v) is 8.25. The van der Waals surface area contributed by atoms with Crippen molar-refractivity contribution in [2.75, 3.05) is 5.88 Å². The number of alkyl halides is 3. The quantitative estimate of drug-likeness (QED) is 0.221. The summed E-state index contributed by atoms with van der Waals surface area (Å²) in [6, 6.07) is 9.78. The van der Waals surface area contributed by atoms with E-state index in [4.69, 9.17) is 23.2 Å². The summed E-state index contributed by atoms with van der Waals surface area (Å²) >= 11 is 19.7. The molecular formula is C26H21Br2Cl2FN2O4. The Hall–Kier alpha value is -1.81. The normalized spacial score (nSPS) is 28.9. The predicted octanol–water partition coefficient (Wildman–Crippen LogP) is 5.49. The van der Waals surface area contributed by atoms with E-state index in [-0.39, 0.29) is 49.9 Å². The zero-order chi connectivity index (χ0) is 26.6. The van der Waals surface area contributed by atoms with Gasteiger partial charge in [-0.2, -0.15) is 5.01 Å². The zero-order valence-electron chi connectivity index (χ0n) is 19.2. The Kier molecular flexibility index (Phi) is 7.53. The van der Waals surface area contributed by atoms with Crippen molar-refractivity contribution in [3.05, 3.63) is 70.5 Å². The molecule has 6 nitrogen and oxygen atoms in total. The van der Waals surface area contributed by atoms with E-state index in [9.17, 15) is 23.6 Å². The fourth-order valence-electron chi connectivity index (χ4n) is 5.95. The molecular weight excluding hydrogens is 654 g/mol. The molecule has 2 aliphatic carbocycles. The van der Waals surface area contributed by atoms with Gasteiger partial charge >= 0.3 is 0 Å². The molecule has 2 aromatic rings. The number of benzene rings is 2. The van der Waals surface area contributed by atoms with Crippen LogP contribution in [0.15, 0.2) is 48.5 Å². The topological polar surface area (TPSA) is 74.8 Å². The van der Waals surface area contributed by atoms with Crippen LogP contribution < -0.4 is 0 Å². The summed E-state index contributed by atoms with van der Waals surface area (Å²) in [5.74, 6) is -4.31. The first-order chi connectivity index (χ1) is 17.7. The van der Waals surface area contributed by atoms with E-state index >= 15 is 0 Å². The molecule has 37 heavy (non-hydrogen) atoms. The molecule has 7 atom stereocenters. The number of rotatable bonds is 7. The zero-order valence-corrected chi connectivity index (χ0v) is 23.9. The average molecular weight is 675 g/mol. The van der Waals surface area contributed by atoms with Crippen molar-refractivity contribution in [1.29, 1.82) is 0 Å². The Balaban J connectivity index is 1.61. The largest absolute Gasteiger partial charge is 0.292 e. The molecule has 0 aromatic heterocycles. The fraction of sp³-hybridized carbons (Fsp3) is 0.385. The lowest BCUT2D eigenvalue weighted by Gasteiger charge is -2.37. The van der Waals surface area contributed by atoms with Gasteiger partial charge in [-0.05, 0) is 61.1 Å². The van der Waals surface area contributed by atoms with E-state index in [1.54, 1.807) is 12.1 Å². The van der Waals surface area contributed by atoms with Gasteiger partial charge in [-0.1, -0.05) is 55.6 Å². The number of carbonyl (C=O) groups is 4. The number of hydrogen-bond donors (Lipinski definition) is 0. The molecule has 1 saturated heterocycles.